The van der Waals surface area contributed by atoms with E-state index in [1.807, 2.05) is 5.38 Å². The minimum atomic E-state index is -0.281. The third-order valence-corrected chi connectivity index (χ3v) is 3.06. The zero-order valence-corrected chi connectivity index (χ0v) is 8.91. The van der Waals surface area contributed by atoms with Gasteiger partial charge in [0.1, 0.15) is 5.82 Å². The smallest absolute Gasteiger partial charge is 0.241 e. The van der Waals surface area contributed by atoms with Crippen LogP contribution in [0.15, 0.2) is 29.6 Å². The summed E-state index contributed by atoms with van der Waals surface area (Å²) in [5.74, 6) is -0.0827. The highest BCUT2D eigenvalue weighted by Crippen LogP contribution is 2.27. The molecule has 0 unspecified atom stereocenters. The van der Waals surface area contributed by atoms with Gasteiger partial charge in [0, 0.05) is 10.9 Å². The number of benzene rings is 1. The van der Waals surface area contributed by atoms with Crippen molar-refractivity contribution in [2.45, 2.75) is 0 Å². The summed E-state index contributed by atoms with van der Waals surface area (Å²) in [6, 6.07) is 6.55. The molecule has 6 heteroatoms. The first kappa shape index (κ1) is 9.29. The van der Waals surface area contributed by atoms with Crippen molar-refractivity contribution < 1.29 is 4.39 Å². The number of halogens is 1. The lowest BCUT2D eigenvalue weighted by molar-refractivity contribution is 0.630. The fourth-order valence-electron chi connectivity index (χ4n) is 1.55. The zero-order valence-electron chi connectivity index (χ0n) is 8.09. The summed E-state index contributed by atoms with van der Waals surface area (Å²) >= 11 is 1.38. The molecule has 16 heavy (non-hydrogen) atoms. The van der Waals surface area contributed by atoms with Crippen molar-refractivity contribution in [3.05, 3.63) is 35.5 Å². The van der Waals surface area contributed by atoms with Crippen molar-refractivity contribution in [2.75, 3.05) is 5.73 Å². The fraction of sp³-hybridized carbons (Fsp3) is 0. The van der Waals surface area contributed by atoms with Gasteiger partial charge in [-0.25, -0.2) is 8.91 Å². The Hall–Kier alpha value is -1.95. The van der Waals surface area contributed by atoms with Crippen LogP contribution in [-0.4, -0.2) is 14.6 Å². The third-order valence-electron chi connectivity index (χ3n) is 2.25. The molecule has 0 amide bonds. The summed E-state index contributed by atoms with van der Waals surface area (Å²) < 4.78 is 15.2. The van der Waals surface area contributed by atoms with Crippen LogP contribution in [0, 0.1) is 5.82 Å². The Labute approximate surface area is 94.2 Å². The number of hydrogen-bond acceptors (Lipinski definition) is 4. The predicted molar refractivity (Wildman–Crippen MR) is 60.7 cm³/mol. The highest BCUT2D eigenvalue weighted by Gasteiger charge is 2.12. The number of nitrogens with two attached hydrogens (primary N) is 1. The van der Waals surface area contributed by atoms with Crippen LogP contribution < -0.4 is 5.73 Å². The molecule has 2 aromatic heterocycles. The molecule has 0 saturated carbocycles. The maximum atomic E-state index is 13.6. The Morgan fingerprint density at radius 1 is 1.31 bits per heavy atom. The van der Waals surface area contributed by atoms with Crippen LogP contribution >= 0.6 is 11.3 Å². The average Bonchev–Trinajstić information content (AvgIpc) is 2.78. The number of rotatable bonds is 1. The second-order valence-electron chi connectivity index (χ2n) is 3.27. The van der Waals surface area contributed by atoms with Gasteiger partial charge >= 0.3 is 0 Å². The van der Waals surface area contributed by atoms with E-state index in [1.54, 1.807) is 22.7 Å². The lowest BCUT2D eigenvalue weighted by atomic mass is 10.2. The molecule has 0 aliphatic heterocycles. The Morgan fingerprint density at radius 3 is 2.94 bits per heavy atom. The SMILES string of the molecule is Nc1nc2scc(-c3ccccc3F)n2n1. The topological polar surface area (TPSA) is 56.2 Å². The van der Waals surface area contributed by atoms with Gasteiger partial charge in [0.05, 0.1) is 5.69 Å². The van der Waals surface area contributed by atoms with Crippen molar-refractivity contribution in [2.24, 2.45) is 0 Å². The van der Waals surface area contributed by atoms with E-state index in [1.165, 1.54) is 17.4 Å². The molecule has 2 heterocycles. The zero-order chi connectivity index (χ0) is 11.1. The van der Waals surface area contributed by atoms with E-state index in [0.717, 1.165) is 0 Å². The van der Waals surface area contributed by atoms with Crippen LogP contribution in [0.2, 0.25) is 0 Å². The van der Waals surface area contributed by atoms with Gasteiger partial charge in [-0.15, -0.1) is 16.4 Å². The Kier molecular flexibility index (Phi) is 1.90. The second-order valence-corrected chi connectivity index (χ2v) is 4.10. The summed E-state index contributed by atoms with van der Waals surface area (Å²) in [5.41, 5.74) is 6.66. The highest BCUT2D eigenvalue weighted by molar-refractivity contribution is 7.15. The number of nitrogen functional groups attached to an aromatic ring is 1. The van der Waals surface area contributed by atoms with Crippen LogP contribution in [0.4, 0.5) is 10.3 Å². The lowest BCUT2D eigenvalue weighted by Gasteiger charge is -1.99. The van der Waals surface area contributed by atoms with Gasteiger partial charge in [-0.2, -0.15) is 4.98 Å². The van der Waals surface area contributed by atoms with E-state index in [2.05, 4.69) is 10.1 Å². The molecule has 3 rings (SSSR count). The fourth-order valence-corrected chi connectivity index (χ4v) is 2.38. The van der Waals surface area contributed by atoms with Crippen molar-refractivity contribution in [3.63, 3.8) is 0 Å². The van der Waals surface area contributed by atoms with Gasteiger partial charge in [-0.05, 0) is 12.1 Å². The normalized spacial score (nSPS) is 11.1. The molecule has 0 saturated heterocycles. The molecule has 0 spiro atoms. The van der Waals surface area contributed by atoms with Crippen molar-refractivity contribution in [1.82, 2.24) is 14.6 Å². The number of anilines is 1. The van der Waals surface area contributed by atoms with E-state index in [0.29, 0.717) is 16.2 Å². The molecular weight excluding hydrogens is 227 g/mol. The number of thiazole rings is 1. The lowest BCUT2D eigenvalue weighted by Crippen LogP contribution is -1.92. The van der Waals surface area contributed by atoms with Crippen LogP contribution in [0.5, 0.6) is 0 Å². The molecule has 0 radical (unpaired) electrons. The summed E-state index contributed by atoms with van der Waals surface area (Å²) in [7, 11) is 0. The maximum Gasteiger partial charge on any atom is 0.241 e. The summed E-state index contributed by atoms with van der Waals surface area (Å²) in [4.78, 5) is 4.68. The van der Waals surface area contributed by atoms with Gasteiger partial charge in [-0.3, -0.25) is 0 Å². The number of nitrogens with zero attached hydrogens (tertiary/aromatic N) is 3. The molecule has 3 aromatic rings. The molecular formula is C10H7FN4S. The number of fused-ring (bicyclic) bond motifs is 1. The largest absolute Gasteiger partial charge is 0.366 e. The van der Waals surface area contributed by atoms with Gasteiger partial charge in [-0.1, -0.05) is 12.1 Å². The van der Waals surface area contributed by atoms with E-state index in [-0.39, 0.29) is 11.8 Å². The number of hydrogen-bond donors (Lipinski definition) is 1. The van der Waals surface area contributed by atoms with Crippen molar-refractivity contribution >= 4 is 22.2 Å². The highest BCUT2D eigenvalue weighted by atomic mass is 32.1. The average molecular weight is 234 g/mol. The predicted octanol–water partition coefficient (Wildman–Crippen LogP) is 2.18. The Morgan fingerprint density at radius 2 is 2.12 bits per heavy atom. The van der Waals surface area contributed by atoms with E-state index < -0.39 is 0 Å². The van der Waals surface area contributed by atoms with Crippen molar-refractivity contribution in [3.8, 4) is 11.3 Å². The van der Waals surface area contributed by atoms with Gasteiger partial charge in [0.25, 0.3) is 0 Å². The molecule has 0 atom stereocenters. The quantitative estimate of drug-likeness (QED) is 0.702. The standard InChI is InChI=1S/C10H7FN4S/c11-7-4-2-1-3-6(7)8-5-16-10-13-9(12)14-15(8)10/h1-5H,(H2,12,14). The molecule has 0 aliphatic rings. The summed E-state index contributed by atoms with van der Waals surface area (Å²) in [6.07, 6.45) is 0. The van der Waals surface area contributed by atoms with Gasteiger partial charge in [0.2, 0.25) is 10.9 Å². The van der Waals surface area contributed by atoms with Gasteiger partial charge < -0.3 is 5.73 Å². The monoisotopic (exact) mass is 234 g/mol. The Balaban J connectivity index is 2.30. The second kappa shape index (κ2) is 3.28. The molecule has 1 aromatic carbocycles. The minimum absolute atomic E-state index is 0.199. The Bertz CT molecular complexity index is 658. The van der Waals surface area contributed by atoms with E-state index in [9.17, 15) is 4.39 Å². The minimum Gasteiger partial charge on any atom is -0.366 e. The molecule has 0 bridgehead atoms. The maximum absolute atomic E-state index is 13.6. The third kappa shape index (κ3) is 1.27. The van der Waals surface area contributed by atoms with Crippen LogP contribution in [0.1, 0.15) is 0 Å². The van der Waals surface area contributed by atoms with Crippen molar-refractivity contribution in [1.29, 1.82) is 0 Å². The van der Waals surface area contributed by atoms with E-state index in [4.69, 9.17) is 5.73 Å². The first-order valence-corrected chi connectivity index (χ1v) is 5.48. The molecule has 0 fully saturated rings. The van der Waals surface area contributed by atoms with E-state index >= 15 is 0 Å². The molecule has 4 nitrogen and oxygen atoms in total. The first-order valence-electron chi connectivity index (χ1n) is 4.60. The molecule has 2 N–H and O–H groups in total. The van der Waals surface area contributed by atoms with Gasteiger partial charge in [0.15, 0.2) is 0 Å². The summed E-state index contributed by atoms with van der Waals surface area (Å²) in [5, 5.41) is 5.83. The first-order chi connectivity index (χ1) is 7.75. The van der Waals surface area contributed by atoms with Crippen LogP contribution in [0.25, 0.3) is 16.2 Å². The van der Waals surface area contributed by atoms with Crippen LogP contribution in [-0.2, 0) is 0 Å². The number of aromatic nitrogens is 3. The molecule has 0 aliphatic carbocycles. The molecule has 80 valence electrons. The van der Waals surface area contributed by atoms with Crippen LogP contribution in [0.3, 0.4) is 0 Å². The summed E-state index contributed by atoms with van der Waals surface area (Å²) in [6.45, 7) is 0.